The third-order valence-corrected chi connectivity index (χ3v) is 3.05. The molecule has 0 bridgehead atoms. The molecule has 0 aliphatic heterocycles. The van der Waals surface area contributed by atoms with Crippen LogP contribution in [-0.2, 0) is 4.79 Å². The zero-order chi connectivity index (χ0) is 16.0. The van der Waals surface area contributed by atoms with Gasteiger partial charge in [0.2, 0.25) is 0 Å². The lowest BCUT2D eigenvalue weighted by Gasteiger charge is -2.20. The molecular weight excluding hydrogens is 272 g/mol. The van der Waals surface area contributed by atoms with Crippen LogP contribution < -0.4 is 0 Å². The minimum atomic E-state index is -0.937. The molecule has 0 unspecified atom stereocenters. The molecule has 6 heteroatoms. The van der Waals surface area contributed by atoms with Crippen molar-refractivity contribution in [3.8, 4) is 0 Å². The molecule has 1 aromatic rings. The van der Waals surface area contributed by atoms with Crippen LogP contribution in [0.25, 0.3) is 0 Å². The highest BCUT2D eigenvalue weighted by atomic mass is 16.4. The van der Waals surface area contributed by atoms with E-state index in [4.69, 9.17) is 5.11 Å². The van der Waals surface area contributed by atoms with E-state index in [2.05, 4.69) is 0 Å². The van der Waals surface area contributed by atoms with Crippen molar-refractivity contribution >= 4 is 17.8 Å². The Morgan fingerprint density at radius 2 is 1.48 bits per heavy atom. The monoisotopic (exact) mass is 292 g/mol. The SMILES string of the molecule is CCN(CCC(=O)O)C(=O)c1ccc(C(=O)N(C)C)cc1. The van der Waals surface area contributed by atoms with E-state index >= 15 is 0 Å². The number of hydrogen-bond acceptors (Lipinski definition) is 3. The van der Waals surface area contributed by atoms with Crippen LogP contribution in [0.2, 0.25) is 0 Å². The zero-order valence-electron chi connectivity index (χ0n) is 12.5. The Morgan fingerprint density at radius 3 is 1.86 bits per heavy atom. The van der Waals surface area contributed by atoms with Gasteiger partial charge in [0.05, 0.1) is 6.42 Å². The fourth-order valence-electron chi connectivity index (χ4n) is 1.83. The number of benzene rings is 1. The van der Waals surface area contributed by atoms with Crippen molar-refractivity contribution in [3.05, 3.63) is 35.4 Å². The van der Waals surface area contributed by atoms with Crippen LogP contribution in [-0.4, -0.2) is 59.9 Å². The van der Waals surface area contributed by atoms with E-state index in [0.717, 1.165) is 0 Å². The summed E-state index contributed by atoms with van der Waals surface area (Å²) in [6, 6.07) is 6.37. The summed E-state index contributed by atoms with van der Waals surface area (Å²) >= 11 is 0. The van der Waals surface area contributed by atoms with Crippen LogP contribution in [0.1, 0.15) is 34.1 Å². The molecule has 6 nitrogen and oxygen atoms in total. The van der Waals surface area contributed by atoms with Crippen molar-refractivity contribution in [1.29, 1.82) is 0 Å². The highest BCUT2D eigenvalue weighted by Gasteiger charge is 2.16. The number of amides is 2. The van der Waals surface area contributed by atoms with Gasteiger partial charge in [-0.15, -0.1) is 0 Å². The van der Waals surface area contributed by atoms with Crippen LogP contribution in [0, 0.1) is 0 Å². The lowest BCUT2D eigenvalue weighted by atomic mass is 10.1. The van der Waals surface area contributed by atoms with E-state index < -0.39 is 5.97 Å². The Kier molecular flexibility index (Phi) is 5.90. The average molecular weight is 292 g/mol. The van der Waals surface area contributed by atoms with Crippen LogP contribution in [0.3, 0.4) is 0 Å². The maximum Gasteiger partial charge on any atom is 0.305 e. The summed E-state index contributed by atoms with van der Waals surface area (Å²) in [5.41, 5.74) is 0.947. The summed E-state index contributed by atoms with van der Waals surface area (Å²) in [5.74, 6) is -1.30. The first-order valence-electron chi connectivity index (χ1n) is 6.69. The van der Waals surface area contributed by atoms with Gasteiger partial charge in [-0.2, -0.15) is 0 Å². The Hall–Kier alpha value is -2.37. The summed E-state index contributed by atoms with van der Waals surface area (Å²) in [5, 5.41) is 8.68. The highest BCUT2D eigenvalue weighted by molar-refractivity contribution is 5.97. The zero-order valence-corrected chi connectivity index (χ0v) is 12.5. The molecule has 1 N–H and O–H groups in total. The quantitative estimate of drug-likeness (QED) is 0.858. The average Bonchev–Trinajstić information content (AvgIpc) is 2.46. The fourth-order valence-corrected chi connectivity index (χ4v) is 1.83. The van der Waals surface area contributed by atoms with Gasteiger partial charge < -0.3 is 14.9 Å². The Morgan fingerprint density at radius 1 is 1.00 bits per heavy atom. The molecule has 0 aliphatic carbocycles. The molecular formula is C15H20N2O4. The third-order valence-electron chi connectivity index (χ3n) is 3.05. The molecule has 0 radical (unpaired) electrons. The van der Waals surface area contributed by atoms with Gasteiger partial charge >= 0.3 is 5.97 Å². The molecule has 1 aromatic carbocycles. The summed E-state index contributed by atoms with van der Waals surface area (Å²) in [7, 11) is 3.32. The van der Waals surface area contributed by atoms with Crippen molar-refractivity contribution in [2.45, 2.75) is 13.3 Å². The first-order valence-corrected chi connectivity index (χ1v) is 6.69. The van der Waals surface area contributed by atoms with Gasteiger partial charge in [0.1, 0.15) is 0 Å². The number of hydrogen-bond donors (Lipinski definition) is 1. The molecule has 0 aliphatic rings. The number of aliphatic carboxylic acids is 1. The molecule has 21 heavy (non-hydrogen) atoms. The minimum absolute atomic E-state index is 0.0865. The first-order chi connectivity index (χ1) is 9.86. The largest absolute Gasteiger partial charge is 0.481 e. The molecule has 1 rings (SSSR count). The Balaban J connectivity index is 2.82. The number of rotatable bonds is 6. The lowest BCUT2D eigenvalue weighted by Crippen LogP contribution is -2.32. The molecule has 2 amide bonds. The van der Waals surface area contributed by atoms with Crippen LogP contribution in [0.15, 0.2) is 24.3 Å². The smallest absolute Gasteiger partial charge is 0.305 e. The summed E-state index contributed by atoms with van der Waals surface area (Å²) in [4.78, 5) is 37.5. The lowest BCUT2D eigenvalue weighted by molar-refractivity contribution is -0.137. The molecule has 0 atom stereocenters. The molecule has 0 spiro atoms. The number of carbonyl (C=O) groups is 3. The maximum absolute atomic E-state index is 12.2. The van der Waals surface area contributed by atoms with E-state index in [1.807, 2.05) is 0 Å². The predicted octanol–water partition coefficient (Wildman–Crippen LogP) is 1.33. The normalized spacial score (nSPS) is 10.0. The van der Waals surface area contributed by atoms with Crippen molar-refractivity contribution in [3.63, 3.8) is 0 Å². The van der Waals surface area contributed by atoms with Gasteiger partial charge in [0, 0.05) is 38.3 Å². The molecule has 0 saturated carbocycles. The van der Waals surface area contributed by atoms with Gasteiger partial charge in [0.15, 0.2) is 0 Å². The van der Waals surface area contributed by atoms with Crippen LogP contribution >= 0.6 is 0 Å². The summed E-state index contributed by atoms with van der Waals surface area (Å²) in [6.45, 7) is 2.40. The molecule has 0 heterocycles. The molecule has 0 fully saturated rings. The predicted molar refractivity (Wildman–Crippen MR) is 78.3 cm³/mol. The van der Waals surface area contributed by atoms with Crippen molar-refractivity contribution in [2.24, 2.45) is 0 Å². The number of carboxylic acid groups (broad SMARTS) is 1. The molecule has 114 valence electrons. The molecule has 0 saturated heterocycles. The fraction of sp³-hybridized carbons (Fsp3) is 0.400. The van der Waals surface area contributed by atoms with Crippen LogP contribution in [0.5, 0.6) is 0 Å². The number of carbonyl (C=O) groups excluding carboxylic acids is 2. The topological polar surface area (TPSA) is 77.9 Å². The van der Waals surface area contributed by atoms with Gasteiger partial charge in [-0.1, -0.05) is 0 Å². The number of nitrogens with zero attached hydrogens (tertiary/aromatic N) is 2. The van der Waals surface area contributed by atoms with Gasteiger partial charge in [0.25, 0.3) is 11.8 Å². The maximum atomic E-state index is 12.2. The van der Waals surface area contributed by atoms with Crippen molar-refractivity contribution < 1.29 is 19.5 Å². The van der Waals surface area contributed by atoms with Crippen molar-refractivity contribution in [1.82, 2.24) is 9.80 Å². The van der Waals surface area contributed by atoms with E-state index in [9.17, 15) is 14.4 Å². The summed E-state index contributed by atoms with van der Waals surface area (Å²) < 4.78 is 0. The third kappa shape index (κ3) is 4.59. The summed E-state index contributed by atoms with van der Waals surface area (Å²) in [6.07, 6.45) is -0.0865. The van der Waals surface area contributed by atoms with E-state index in [1.165, 1.54) is 9.80 Å². The molecule has 0 aromatic heterocycles. The Bertz CT molecular complexity index is 523. The van der Waals surface area contributed by atoms with Gasteiger partial charge in [-0.3, -0.25) is 14.4 Å². The van der Waals surface area contributed by atoms with E-state index in [-0.39, 0.29) is 24.8 Å². The first kappa shape index (κ1) is 16.7. The second-order valence-corrected chi connectivity index (χ2v) is 4.81. The van der Waals surface area contributed by atoms with Crippen molar-refractivity contribution in [2.75, 3.05) is 27.2 Å². The second-order valence-electron chi connectivity index (χ2n) is 4.81. The minimum Gasteiger partial charge on any atom is -0.481 e. The number of carboxylic acids is 1. The van der Waals surface area contributed by atoms with Crippen LogP contribution in [0.4, 0.5) is 0 Å². The highest BCUT2D eigenvalue weighted by Crippen LogP contribution is 2.09. The van der Waals surface area contributed by atoms with Gasteiger partial charge in [-0.25, -0.2) is 0 Å². The van der Waals surface area contributed by atoms with Gasteiger partial charge in [-0.05, 0) is 31.2 Å². The van der Waals surface area contributed by atoms with E-state index in [1.54, 1.807) is 45.3 Å². The standard InChI is InChI=1S/C15H20N2O4/c1-4-17(10-9-13(18)19)15(21)12-7-5-11(6-8-12)14(20)16(2)3/h5-8H,4,9-10H2,1-3H3,(H,18,19). The van der Waals surface area contributed by atoms with E-state index in [0.29, 0.717) is 17.7 Å². The Labute approximate surface area is 124 Å². The second kappa shape index (κ2) is 7.42.